The fraction of sp³-hybridized carbons (Fsp3) is 0.333. The topological polar surface area (TPSA) is 164 Å². The summed E-state index contributed by atoms with van der Waals surface area (Å²) in [5.74, 6) is -2.10. The molecule has 0 atom stereocenters. The second-order valence-corrected chi connectivity index (χ2v) is 8.88. The van der Waals surface area contributed by atoms with Crippen LogP contribution < -0.4 is 15.4 Å². The summed E-state index contributed by atoms with van der Waals surface area (Å²) >= 11 is 6.05. The van der Waals surface area contributed by atoms with Gasteiger partial charge in [-0.05, 0) is 43.7 Å². The summed E-state index contributed by atoms with van der Waals surface area (Å²) in [6.07, 6.45) is 1.61. The highest BCUT2D eigenvalue weighted by Gasteiger charge is 2.22. The van der Waals surface area contributed by atoms with Crippen LogP contribution in [-0.4, -0.2) is 69.1 Å². The van der Waals surface area contributed by atoms with Crippen LogP contribution in [0.15, 0.2) is 41.4 Å². The van der Waals surface area contributed by atoms with Crippen molar-refractivity contribution < 1.29 is 32.6 Å². The summed E-state index contributed by atoms with van der Waals surface area (Å²) in [5, 5.41) is 13.8. The molecule has 34 heavy (non-hydrogen) atoms. The molecule has 1 heterocycles. The highest BCUT2D eigenvalue weighted by atomic mass is 35.5. The quantitative estimate of drug-likeness (QED) is 0.302. The van der Waals surface area contributed by atoms with Gasteiger partial charge in [-0.2, -0.15) is 0 Å². The molecule has 1 aromatic carbocycles. The normalized spacial score (nSPS) is 11.0. The Labute approximate surface area is 201 Å². The molecule has 0 aliphatic carbocycles. The zero-order valence-corrected chi connectivity index (χ0v) is 19.9. The Morgan fingerprint density at radius 1 is 1.06 bits per heavy atom. The van der Waals surface area contributed by atoms with Crippen LogP contribution in [-0.2, 0) is 14.8 Å². The molecule has 1 aromatic heterocycles. The lowest BCUT2D eigenvalue weighted by atomic mass is 10.2. The third-order valence-corrected chi connectivity index (χ3v) is 5.99. The number of rotatable bonds is 12. The van der Waals surface area contributed by atoms with Gasteiger partial charge >= 0.3 is 0 Å². The number of nitrogens with zero attached hydrogens (tertiary/aromatic N) is 1. The standard InChI is InChI=1S/C21H25ClN4O7S/c1-2-33-11-3-8-23-20(29)16-12-15(5-6-17(16)22)34(31,32)26-19(28)14-4-7-18(25-13-14)21(30)24-9-10-27/h4-7,12-13,27H,2-3,8-11H2,1H3,(H,23,29)(H,24,30)(H,26,28). The van der Waals surface area contributed by atoms with Crippen molar-refractivity contribution in [2.45, 2.75) is 18.2 Å². The zero-order valence-electron chi connectivity index (χ0n) is 18.3. The fourth-order valence-electron chi connectivity index (χ4n) is 2.62. The lowest BCUT2D eigenvalue weighted by molar-refractivity contribution is 0.0932. The maximum absolute atomic E-state index is 12.7. The van der Waals surface area contributed by atoms with Crippen molar-refractivity contribution in [3.8, 4) is 0 Å². The molecule has 13 heteroatoms. The number of halogens is 1. The van der Waals surface area contributed by atoms with E-state index in [4.69, 9.17) is 21.4 Å². The molecule has 184 valence electrons. The lowest BCUT2D eigenvalue weighted by Gasteiger charge is -2.11. The SMILES string of the molecule is CCOCCCNC(=O)c1cc(S(=O)(=O)NC(=O)c2ccc(C(=O)NCCO)nc2)ccc1Cl. The van der Waals surface area contributed by atoms with Gasteiger partial charge in [0.15, 0.2) is 0 Å². The molecule has 0 spiro atoms. The Hall–Kier alpha value is -3.06. The number of nitrogens with one attached hydrogen (secondary N) is 3. The maximum atomic E-state index is 12.7. The van der Waals surface area contributed by atoms with Gasteiger partial charge in [-0.1, -0.05) is 11.6 Å². The molecule has 2 aromatic rings. The molecule has 11 nitrogen and oxygen atoms in total. The van der Waals surface area contributed by atoms with Crippen LogP contribution in [0.3, 0.4) is 0 Å². The van der Waals surface area contributed by atoms with Crippen LogP contribution in [0.5, 0.6) is 0 Å². The van der Waals surface area contributed by atoms with Crippen molar-refractivity contribution in [3.63, 3.8) is 0 Å². The van der Waals surface area contributed by atoms with Crippen LogP contribution in [0.1, 0.15) is 44.5 Å². The van der Waals surface area contributed by atoms with E-state index in [2.05, 4.69) is 15.6 Å². The molecular formula is C21H25ClN4O7S. The van der Waals surface area contributed by atoms with E-state index in [1.54, 1.807) is 0 Å². The summed E-state index contributed by atoms with van der Waals surface area (Å²) in [5.41, 5.74) is -0.181. The third kappa shape index (κ3) is 7.76. The molecule has 0 saturated heterocycles. The number of sulfonamides is 1. The number of amides is 3. The van der Waals surface area contributed by atoms with Gasteiger partial charge in [0, 0.05) is 32.5 Å². The molecule has 0 unspecified atom stereocenters. The molecule has 0 radical (unpaired) electrons. The number of aliphatic hydroxyl groups excluding tert-OH is 1. The van der Waals surface area contributed by atoms with E-state index in [0.717, 1.165) is 18.3 Å². The third-order valence-electron chi connectivity index (χ3n) is 4.33. The largest absolute Gasteiger partial charge is 0.395 e. The van der Waals surface area contributed by atoms with Crippen molar-refractivity contribution in [2.75, 3.05) is 32.9 Å². The summed E-state index contributed by atoms with van der Waals surface area (Å²) in [6.45, 7) is 2.99. The average Bonchev–Trinajstić information content (AvgIpc) is 2.82. The minimum Gasteiger partial charge on any atom is -0.395 e. The zero-order chi connectivity index (χ0) is 25.1. The highest BCUT2D eigenvalue weighted by molar-refractivity contribution is 7.90. The van der Waals surface area contributed by atoms with Crippen molar-refractivity contribution in [2.24, 2.45) is 0 Å². The van der Waals surface area contributed by atoms with Crippen molar-refractivity contribution >= 4 is 39.3 Å². The lowest BCUT2D eigenvalue weighted by Crippen LogP contribution is -2.31. The molecule has 2 rings (SSSR count). The van der Waals surface area contributed by atoms with Gasteiger partial charge in [0.05, 0.1) is 27.7 Å². The van der Waals surface area contributed by atoms with Crippen LogP contribution >= 0.6 is 11.6 Å². The van der Waals surface area contributed by atoms with Crippen molar-refractivity contribution in [3.05, 3.63) is 58.4 Å². The second-order valence-electron chi connectivity index (χ2n) is 6.79. The number of pyridine rings is 1. The Morgan fingerprint density at radius 3 is 2.44 bits per heavy atom. The van der Waals surface area contributed by atoms with Crippen LogP contribution in [0.25, 0.3) is 0 Å². The number of aliphatic hydroxyl groups is 1. The number of hydrogen-bond acceptors (Lipinski definition) is 8. The van der Waals surface area contributed by atoms with E-state index in [0.29, 0.717) is 26.2 Å². The van der Waals surface area contributed by atoms with E-state index < -0.39 is 27.7 Å². The van der Waals surface area contributed by atoms with E-state index >= 15 is 0 Å². The molecule has 0 bridgehead atoms. The number of aromatic nitrogens is 1. The average molecular weight is 513 g/mol. The molecule has 4 N–H and O–H groups in total. The monoisotopic (exact) mass is 512 g/mol. The highest BCUT2D eigenvalue weighted by Crippen LogP contribution is 2.21. The minimum atomic E-state index is -4.34. The number of carbonyl (C=O) groups excluding carboxylic acids is 3. The maximum Gasteiger partial charge on any atom is 0.269 e. The molecule has 0 aliphatic rings. The Bertz CT molecular complexity index is 1120. The smallest absolute Gasteiger partial charge is 0.269 e. The van der Waals surface area contributed by atoms with E-state index in [9.17, 15) is 22.8 Å². The number of benzene rings is 1. The van der Waals surface area contributed by atoms with Gasteiger partial charge in [0.2, 0.25) is 0 Å². The van der Waals surface area contributed by atoms with E-state index in [1.165, 1.54) is 18.2 Å². The Kier molecular flexibility index (Phi) is 10.4. The Balaban J connectivity index is 2.09. The van der Waals surface area contributed by atoms with Crippen molar-refractivity contribution in [1.29, 1.82) is 0 Å². The van der Waals surface area contributed by atoms with Crippen LogP contribution in [0.4, 0.5) is 0 Å². The summed E-state index contributed by atoms with van der Waals surface area (Å²) in [7, 11) is -4.34. The number of hydrogen-bond donors (Lipinski definition) is 4. The number of ether oxygens (including phenoxy) is 1. The first-order chi connectivity index (χ1) is 16.2. The van der Waals surface area contributed by atoms with E-state index in [1.807, 2.05) is 11.6 Å². The van der Waals surface area contributed by atoms with Gasteiger partial charge in [-0.25, -0.2) is 13.1 Å². The first kappa shape index (κ1) is 27.2. The molecule has 3 amide bonds. The molecule has 0 aliphatic heterocycles. The van der Waals surface area contributed by atoms with Gasteiger partial charge in [-0.3, -0.25) is 19.4 Å². The number of carbonyl (C=O) groups is 3. The predicted octanol–water partition coefficient (Wildman–Crippen LogP) is 0.732. The fourth-order valence-corrected chi connectivity index (χ4v) is 3.83. The first-order valence-corrected chi connectivity index (χ1v) is 12.1. The van der Waals surface area contributed by atoms with Gasteiger partial charge in [0.1, 0.15) is 5.69 Å². The summed E-state index contributed by atoms with van der Waals surface area (Å²) in [6, 6.07) is 5.95. The first-order valence-electron chi connectivity index (χ1n) is 10.3. The molecule has 0 saturated carbocycles. The Morgan fingerprint density at radius 2 is 1.79 bits per heavy atom. The second kappa shape index (κ2) is 13.0. The van der Waals surface area contributed by atoms with Crippen LogP contribution in [0.2, 0.25) is 5.02 Å². The van der Waals surface area contributed by atoms with Gasteiger partial charge in [0.25, 0.3) is 27.7 Å². The molecular weight excluding hydrogens is 488 g/mol. The van der Waals surface area contributed by atoms with Gasteiger partial charge in [-0.15, -0.1) is 0 Å². The summed E-state index contributed by atoms with van der Waals surface area (Å²) < 4.78 is 32.5. The minimum absolute atomic E-state index is 0.0116. The van der Waals surface area contributed by atoms with Crippen LogP contribution in [0, 0.1) is 0 Å². The summed E-state index contributed by atoms with van der Waals surface area (Å²) in [4.78, 5) is 40.1. The van der Waals surface area contributed by atoms with Crippen molar-refractivity contribution in [1.82, 2.24) is 20.3 Å². The molecule has 0 fully saturated rings. The van der Waals surface area contributed by atoms with Gasteiger partial charge < -0.3 is 20.5 Å². The predicted molar refractivity (Wildman–Crippen MR) is 123 cm³/mol. The van der Waals surface area contributed by atoms with E-state index in [-0.39, 0.29) is 39.9 Å².